The van der Waals surface area contributed by atoms with Crippen molar-refractivity contribution in [1.82, 2.24) is 9.55 Å². The molecule has 2 aromatic heterocycles. The van der Waals surface area contributed by atoms with Crippen molar-refractivity contribution in [3.63, 3.8) is 0 Å². The normalized spacial score (nSPS) is 15.8. The first-order valence-corrected chi connectivity index (χ1v) is 7.19. The number of fused-ring (bicyclic) bond motifs is 1. The Kier molecular flexibility index (Phi) is 2.52. The standard InChI is InChI=1S/C11H12N2OS2/c1-13-10(14)9-8(4-5-15-9)12-11(13)16-6-7-2-3-7/h4-5,7H,2-3,6H2,1H3. The van der Waals surface area contributed by atoms with E-state index in [1.807, 2.05) is 18.5 Å². The van der Waals surface area contributed by atoms with Gasteiger partial charge < -0.3 is 0 Å². The van der Waals surface area contributed by atoms with Crippen LogP contribution in [0.1, 0.15) is 12.8 Å². The molecule has 0 bridgehead atoms. The highest BCUT2D eigenvalue weighted by Crippen LogP contribution is 2.34. The monoisotopic (exact) mass is 252 g/mol. The minimum atomic E-state index is 0.0818. The van der Waals surface area contributed by atoms with Crippen LogP contribution < -0.4 is 5.56 Å². The smallest absolute Gasteiger partial charge is 0.271 e. The number of rotatable bonds is 3. The zero-order valence-corrected chi connectivity index (χ0v) is 10.6. The van der Waals surface area contributed by atoms with Gasteiger partial charge in [0, 0.05) is 12.8 Å². The van der Waals surface area contributed by atoms with Crippen molar-refractivity contribution in [1.29, 1.82) is 0 Å². The summed E-state index contributed by atoms with van der Waals surface area (Å²) in [4.78, 5) is 16.5. The first kappa shape index (κ1) is 10.4. The number of nitrogens with zero attached hydrogens (tertiary/aromatic N) is 2. The highest BCUT2D eigenvalue weighted by atomic mass is 32.2. The molecule has 3 nitrogen and oxygen atoms in total. The Morgan fingerprint density at radius 2 is 2.44 bits per heavy atom. The Morgan fingerprint density at radius 3 is 3.19 bits per heavy atom. The first-order valence-electron chi connectivity index (χ1n) is 5.33. The Hall–Kier alpha value is -0.810. The van der Waals surface area contributed by atoms with Crippen LogP contribution in [-0.4, -0.2) is 15.3 Å². The molecule has 1 fully saturated rings. The summed E-state index contributed by atoms with van der Waals surface area (Å²) < 4.78 is 2.43. The number of hydrogen-bond donors (Lipinski definition) is 0. The highest BCUT2D eigenvalue weighted by molar-refractivity contribution is 7.99. The second kappa shape index (κ2) is 3.89. The molecule has 0 spiro atoms. The van der Waals surface area contributed by atoms with Gasteiger partial charge in [-0.3, -0.25) is 9.36 Å². The second-order valence-corrected chi connectivity index (χ2v) is 6.05. The molecular formula is C11H12N2OS2. The van der Waals surface area contributed by atoms with E-state index in [9.17, 15) is 4.79 Å². The average molecular weight is 252 g/mol. The largest absolute Gasteiger partial charge is 0.290 e. The van der Waals surface area contributed by atoms with Crippen LogP contribution in [-0.2, 0) is 7.05 Å². The minimum Gasteiger partial charge on any atom is -0.290 e. The highest BCUT2D eigenvalue weighted by Gasteiger charge is 2.22. The maximum atomic E-state index is 12.0. The van der Waals surface area contributed by atoms with Crippen LogP contribution >= 0.6 is 23.1 Å². The van der Waals surface area contributed by atoms with Crippen LogP contribution in [0, 0.1) is 5.92 Å². The lowest BCUT2D eigenvalue weighted by molar-refractivity contribution is 0.726. The summed E-state index contributed by atoms with van der Waals surface area (Å²) in [5, 5.41) is 2.77. The molecule has 84 valence electrons. The fourth-order valence-electron chi connectivity index (χ4n) is 1.57. The fourth-order valence-corrected chi connectivity index (χ4v) is 3.54. The fraction of sp³-hybridized carbons (Fsp3) is 0.455. The van der Waals surface area contributed by atoms with Crippen LogP contribution in [0.4, 0.5) is 0 Å². The van der Waals surface area contributed by atoms with Gasteiger partial charge >= 0.3 is 0 Å². The van der Waals surface area contributed by atoms with E-state index < -0.39 is 0 Å². The number of thioether (sulfide) groups is 1. The quantitative estimate of drug-likeness (QED) is 0.622. The molecule has 0 atom stereocenters. The van der Waals surface area contributed by atoms with E-state index in [0.717, 1.165) is 27.0 Å². The number of aromatic nitrogens is 2. The summed E-state index contributed by atoms with van der Waals surface area (Å²) >= 11 is 3.17. The maximum absolute atomic E-state index is 12.0. The van der Waals surface area contributed by atoms with Crippen LogP contribution in [0.3, 0.4) is 0 Å². The van der Waals surface area contributed by atoms with E-state index in [1.54, 1.807) is 16.3 Å². The van der Waals surface area contributed by atoms with Gasteiger partial charge in [-0.2, -0.15) is 0 Å². The van der Waals surface area contributed by atoms with Gasteiger partial charge in [0.2, 0.25) is 0 Å². The van der Waals surface area contributed by atoms with Gasteiger partial charge in [0.05, 0.1) is 5.52 Å². The topological polar surface area (TPSA) is 34.9 Å². The van der Waals surface area contributed by atoms with E-state index >= 15 is 0 Å². The lowest BCUT2D eigenvalue weighted by Gasteiger charge is -2.05. The molecule has 0 radical (unpaired) electrons. The third kappa shape index (κ3) is 1.78. The summed E-state index contributed by atoms with van der Waals surface area (Å²) in [6, 6.07) is 1.92. The van der Waals surface area contributed by atoms with E-state index in [2.05, 4.69) is 4.98 Å². The molecule has 0 amide bonds. The van der Waals surface area contributed by atoms with Gasteiger partial charge in [-0.05, 0) is 30.2 Å². The summed E-state index contributed by atoms with van der Waals surface area (Å²) in [5.41, 5.74) is 0.921. The second-order valence-electron chi connectivity index (χ2n) is 4.15. The van der Waals surface area contributed by atoms with Gasteiger partial charge in [0.1, 0.15) is 4.70 Å². The van der Waals surface area contributed by atoms with Gasteiger partial charge in [-0.25, -0.2) is 4.98 Å². The lowest BCUT2D eigenvalue weighted by Crippen LogP contribution is -2.19. The Morgan fingerprint density at radius 1 is 1.62 bits per heavy atom. The average Bonchev–Trinajstić information content (AvgIpc) is 2.99. The van der Waals surface area contributed by atoms with Crippen molar-refractivity contribution in [2.24, 2.45) is 13.0 Å². The van der Waals surface area contributed by atoms with Crippen molar-refractivity contribution in [2.75, 3.05) is 5.75 Å². The Balaban J connectivity index is 2.01. The molecule has 0 N–H and O–H groups in total. The SMILES string of the molecule is Cn1c(SCC2CC2)nc2ccsc2c1=O. The third-order valence-electron chi connectivity index (χ3n) is 2.79. The molecule has 0 aromatic carbocycles. The zero-order chi connectivity index (χ0) is 11.1. The van der Waals surface area contributed by atoms with Crippen molar-refractivity contribution < 1.29 is 0 Å². The first-order chi connectivity index (χ1) is 7.75. The van der Waals surface area contributed by atoms with E-state index in [1.165, 1.54) is 24.2 Å². The molecule has 16 heavy (non-hydrogen) atoms. The lowest BCUT2D eigenvalue weighted by atomic mass is 10.5. The van der Waals surface area contributed by atoms with Crippen molar-refractivity contribution in [3.8, 4) is 0 Å². The molecule has 5 heteroatoms. The zero-order valence-electron chi connectivity index (χ0n) is 8.97. The van der Waals surface area contributed by atoms with Gasteiger partial charge in [-0.1, -0.05) is 11.8 Å². The molecule has 2 heterocycles. The van der Waals surface area contributed by atoms with Crippen LogP contribution in [0.2, 0.25) is 0 Å². The van der Waals surface area contributed by atoms with E-state index in [4.69, 9.17) is 0 Å². The molecule has 0 unspecified atom stereocenters. The Labute approximate surface area is 102 Å². The summed E-state index contributed by atoms with van der Waals surface area (Å²) in [5.74, 6) is 1.94. The predicted molar refractivity (Wildman–Crippen MR) is 68.3 cm³/mol. The van der Waals surface area contributed by atoms with E-state index in [-0.39, 0.29) is 5.56 Å². The summed E-state index contributed by atoms with van der Waals surface area (Å²) in [7, 11) is 1.81. The third-order valence-corrected chi connectivity index (χ3v) is 4.94. The molecule has 1 aliphatic rings. The molecule has 1 saturated carbocycles. The van der Waals surface area contributed by atoms with Crippen LogP contribution in [0.5, 0.6) is 0 Å². The minimum absolute atomic E-state index is 0.0818. The number of thiophene rings is 1. The van der Waals surface area contributed by atoms with Crippen molar-refractivity contribution in [3.05, 3.63) is 21.8 Å². The molecule has 0 aliphatic heterocycles. The van der Waals surface area contributed by atoms with Crippen molar-refractivity contribution in [2.45, 2.75) is 18.0 Å². The molecule has 0 saturated heterocycles. The number of hydrogen-bond acceptors (Lipinski definition) is 4. The maximum Gasteiger partial charge on any atom is 0.271 e. The summed E-state index contributed by atoms with van der Waals surface area (Å²) in [6.07, 6.45) is 2.67. The van der Waals surface area contributed by atoms with Crippen LogP contribution in [0.25, 0.3) is 10.2 Å². The van der Waals surface area contributed by atoms with Crippen LogP contribution in [0.15, 0.2) is 21.4 Å². The molecule has 3 rings (SSSR count). The van der Waals surface area contributed by atoms with E-state index in [0.29, 0.717) is 0 Å². The predicted octanol–water partition coefficient (Wildman–Crippen LogP) is 2.50. The van der Waals surface area contributed by atoms with Crippen molar-refractivity contribution >= 4 is 33.3 Å². The summed E-state index contributed by atoms with van der Waals surface area (Å²) in [6.45, 7) is 0. The van der Waals surface area contributed by atoms with Gasteiger partial charge in [-0.15, -0.1) is 11.3 Å². The van der Waals surface area contributed by atoms with Gasteiger partial charge in [0.15, 0.2) is 5.16 Å². The molecular weight excluding hydrogens is 240 g/mol. The Bertz CT molecular complexity index is 583. The molecule has 2 aromatic rings. The van der Waals surface area contributed by atoms with Gasteiger partial charge in [0.25, 0.3) is 5.56 Å². The molecule has 1 aliphatic carbocycles.